The van der Waals surface area contributed by atoms with Crippen molar-refractivity contribution in [1.29, 1.82) is 0 Å². The fraction of sp³-hybridized carbons (Fsp3) is 0.455. The molecule has 0 aliphatic carbocycles. The molecule has 118 valence electrons. The topological polar surface area (TPSA) is 68.8 Å². The number of aryl methyl sites for hydroxylation is 1. The molecule has 2 aromatic rings. The van der Waals surface area contributed by atoms with E-state index in [9.17, 15) is 18.0 Å². The van der Waals surface area contributed by atoms with E-state index < -0.39 is 12.0 Å². The average molecular weight is 379 g/mol. The van der Waals surface area contributed by atoms with Crippen LogP contribution in [0.4, 0.5) is 13.2 Å². The number of carbonyl (C=O) groups is 1. The third kappa shape index (κ3) is 2.38. The molecule has 0 bridgehead atoms. The first-order chi connectivity index (χ1) is 10.3. The highest BCUT2D eigenvalue weighted by molar-refractivity contribution is 9.10. The first-order valence-corrected chi connectivity index (χ1v) is 7.04. The minimum Gasteiger partial charge on any atom is -0.328 e. The van der Waals surface area contributed by atoms with Crippen LogP contribution in [-0.2, 0) is 26.3 Å². The van der Waals surface area contributed by atoms with E-state index in [1.165, 1.54) is 15.8 Å². The number of nitrogens with zero attached hydrogens (tertiary/aromatic N) is 6. The Balaban J connectivity index is 1.87. The number of amides is 1. The summed E-state index contributed by atoms with van der Waals surface area (Å²) in [5.74, 6) is -1.24. The van der Waals surface area contributed by atoms with Gasteiger partial charge >= 0.3 is 6.18 Å². The van der Waals surface area contributed by atoms with Crippen LogP contribution in [0.15, 0.2) is 10.7 Å². The average Bonchev–Trinajstić information content (AvgIpc) is 3.00. The van der Waals surface area contributed by atoms with E-state index in [1.54, 1.807) is 7.05 Å². The molecule has 7 nitrogen and oxygen atoms in total. The Morgan fingerprint density at radius 1 is 1.32 bits per heavy atom. The SMILES string of the molecule is Cn1ncc(Br)c1C(=O)N1CCn2c(nnc2C(F)(F)F)C1. The standard InChI is InChI=1S/C11H10BrF3N6O/c1-19-8(6(12)4-16-19)9(22)20-2-3-21-7(5-20)17-18-10(21)11(13,14)15/h4H,2-3,5H2,1H3. The first-order valence-electron chi connectivity index (χ1n) is 6.25. The number of fused-ring (bicyclic) bond motifs is 1. The number of hydrogen-bond donors (Lipinski definition) is 0. The maximum Gasteiger partial charge on any atom is 0.451 e. The van der Waals surface area contributed by atoms with Crippen molar-refractivity contribution in [3.8, 4) is 0 Å². The van der Waals surface area contributed by atoms with E-state index in [-0.39, 0.29) is 31.4 Å². The Labute approximate surface area is 130 Å². The summed E-state index contributed by atoms with van der Waals surface area (Å²) in [5, 5.41) is 10.7. The van der Waals surface area contributed by atoms with Crippen LogP contribution in [0.25, 0.3) is 0 Å². The lowest BCUT2D eigenvalue weighted by atomic mass is 10.3. The molecule has 3 rings (SSSR count). The molecule has 1 aliphatic rings. The van der Waals surface area contributed by atoms with Crippen molar-refractivity contribution >= 4 is 21.8 Å². The first kappa shape index (κ1) is 15.0. The minimum atomic E-state index is -4.55. The van der Waals surface area contributed by atoms with E-state index in [1.807, 2.05) is 0 Å². The highest BCUT2D eigenvalue weighted by Gasteiger charge is 2.40. The fourth-order valence-electron chi connectivity index (χ4n) is 2.34. The van der Waals surface area contributed by atoms with Crippen molar-refractivity contribution in [1.82, 2.24) is 29.4 Å². The van der Waals surface area contributed by atoms with E-state index in [0.717, 1.165) is 4.57 Å². The molecule has 0 unspecified atom stereocenters. The van der Waals surface area contributed by atoms with E-state index >= 15 is 0 Å². The maximum atomic E-state index is 12.8. The Morgan fingerprint density at radius 2 is 2.05 bits per heavy atom. The number of aromatic nitrogens is 5. The second kappa shape index (κ2) is 5.07. The summed E-state index contributed by atoms with van der Waals surface area (Å²) in [4.78, 5) is 13.9. The lowest BCUT2D eigenvalue weighted by Gasteiger charge is -2.28. The molecule has 0 fully saturated rings. The van der Waals surface area contributed by atoms with Gasteiger partial charge in [-0.2, -0.15) is 18.3 Å². The second-order valence-corrected chi connectivity index (χ2v) is 5.63. The molecule has 1 aliphatic heterocycles. The van der Waals surface area contributed by atoms with Crippen LogP contribution in [0.2, 0.25) is 0 Å². The predicted octanol–water partition coefficient (Wildman–Crippen LogP) is 1.45. The van der Waals surface area contributed by atoms with Crippen LogP contribution in [0.1, 0.15) is 22.1 Å². The third-order valence-corrected chi connectivity index (χ3v) is 3.97. The zero-order chi connectivity index (χ0) is 16.1. The molecule has 11 heteroatoms. The summed E-state index contributed by atoms with van der Waals surface area (Å²) in [7, 11) is 1.62. The van der Waals surface area contributed by atoms with Gasteiger partial charge < -0.3 is 9.47 Å². The largest absolute Gasteiger partial charge is 0.451 e. The zero-order valence-corrected chi connectivity index (χ0v) is 12.9. The van der Waals surface area contributed by atoms with E-state index in [2.05, 4.69) is 31.2 Å². The molecule has 0 saturated heterocycles. The maximum absolute atomic E-state index is 12.8. The predicted molar refractivity (Wildman–Crippen MR) is 70.7 cm³/mol. The summed E-state index contributed by atoms with van der Waals surface area (Å²) < 4.78 is 41.3. The van der Waals surface area contributed by atoms with Crippen molar-refractivity contribution in [2.24, 2.45) is 7.05 Å². The zero-order valence-electron chi connectivity index (χ0n) is 11.3. The molecular weight excluding hydrogens is 369 g/mol. The second-order valence-electron chi connectivity index (χ2n) is 4.78. The summed E-state index contributed by atoms with van der Waals surface area (Å²) in [5.41, 5.74) is 0.337. The number of halogens is 4. The van der Waals surface area contributed by atoms with Crippen LogP contribution >= 0.6 is 15.9 Å². The number of carbonyl (C=O) groups excluding carboxylic acids is 1. The molecule has 22 heavy (non-hydrogen) atoms. The van der Waals surface area contributed by atoms with Gasteiger partial charge in [-0.15, -0.1) is 10.2 Å². The molecule has 0 saturated carbocycles. The lowest BCUT2D eigenvalue weighted by Crippen LogP contribution is -2.40. The van der Waals surface area contributed by atoms with Crippen LogP contribution < -0.4 is 0 Å². The molecule has 0 aromatic carbocycles. The summed E-state index contributed by atoms with van der Waals surface area (Å²) in [6.45, 7) is 0.114. The quantitative estimate of drug-likeness (QED) is 0.752. The summed E-state index contributed by atoms with van der Waals surface area (Å²) >= 11 is 3.23. The number of rotatable bonds is 1. The Morgan fingerprint density at radius 3 is 2.64 bits per heavy atom. The molecule has 0 radical (unpaired) electrons. The van der Waals surface area contributed by atoms with Crippen LogP contribution in [-0.4, -0.2) is 41.9 Å². The van der Waals surface area contributed by atoms with Gasteiger partial charge in [0.1, 0.15) is 5.69 Å². The van der Waals surface area contributed by atoms with Crippen LogP contribution in [0, 0.1) is 0 Å². The molecule has 2 aromatic heterocycles. The summed E-state index contributed by atoms with van der Waals surface area (Å²) in [6.07, 6.45) is -3.07. The van der Waals surface area contributed by atoms with E-state index in [4.69, 9.17) is 0 Å². The van der Waals surface area contributed by atoms with Crippen molar-refractivity contribution < 1.29 is 18.0 Å². The molecular formula is C11H10BrF3N6O. The molecule has 0 atom stereocenters. The van der Waals surface area contributed by atoms with Crippen molar-refractivity contribution in [3.05, 3.63) is 28.0 Å². The van der Waals surface area contributed by atoms with Gasteiger partial charge in [0.25, 0.3) is 5.91 Å². The van der Waals surface area contributed by atoms with Gasteiger partial charge in [0, 0.05) is 20.1 Å². The Hall–Kier alpha value is -1.91. The van der Waals surface area contributed by atoms with Gasteiger partial charge in [-0.1, -0.05) is 0 Å². The molecule has 3 heterocycles. The van der Waals surface area contributed by atoms with Gasteiger partial charge in [0.2, 0.25) is 5.82 Å². The highest BCUT2D eigenvalue weighted by atomic mass is 79.9. The molecule has 1 amide bonds. The normalized spacial score (nSPS) is 15.0. The Bertz CT molecular complexity index is 717. The Kier molecular flexibility index (Phi) is 3.46. The van der Waals surface area contributed by atoms with Crippen LogP contribution in [0.5, 0.6) is 0 Å². The van der Waals surface area contributed by atoms with Gasteiger partial charge in [0.15, 0.2) is 5.82 Å². The highest BCUT2D eigenvalue weighted by Crippen LogP contribution is 2.29. The van der Waals surface area contributed by atoms with Gasteiger partial charge in [-0.3, -0.25) is 9.48 Å². The monoisotopic (exact) mass is 378 g/mol. The van der Waals surface area contributed by atoms with Crippen molar-refractivity contribution in [2.45, 2.75) is 19.3 Å². The van der Waals surface area contributed by atoms with E-state index in [0.29, 0.717) is 10.2 Å². The minimum absolute atomic E-state index is 0.00160. The van der Waals surface area contributed by atoms with Gasteiger partial charge in [0.05, 0.1) is 17.2 Å². The smallest absolute Gasteiger partial charge is 0.328 e. The van der Waals surface area contributed by atoms with Crippen molar-refractivity contribution in [2.75, 3.05) is 6.54 Å². The number of alkyl halides is 3. The van der Waals surface area contributed by atoms with Gasteiger partial charge in [-0.05, 0) is 15.9 Å². The van der Waals surface area contributed by atoms with Gasteiger partial charge in [-0.25, -0.2) is 0 Å². The molecule has 0 N–H and O–H groups in total. The fourth-order valence-corrected chi connectivity index (χ4v) is 2.86. The lowest BCUT2D eigenvalue weighted by molar-refractivity contribution is -0.147. The van der Waals surface area contributed by atoms with Crippen LogP contribution in [0.3, 0.4) is 0 Å². The molecule has 0 spiro atoms. The van der Waals surface area contributed by atoms with Crippen molar-refractivity contribution in [3.63, 3.8) is 0 Å². The number of hydrogen-bond acceptors (Lipinski definition) is 4. The third-order valence-electron chi connectivity index (χ3n) is 3.39. The summed E-state index contributed by atoms with van der Waals surface area (Å²) in [6, 6.07) is 0.